The highest BCUT2D eigenvalue weighted by molar-refractivity contribution is 6.30. The lowest BCUT2D eigenvalue weighted by molar-refractivity contribution is 0.243. The number of hydrogen-bond acceptors (Lipinski definition) is 3. The van der Waals surface area contributed by atoms with Gasteiger partial charge in [-0.05, 0) is 72.6 Å². The summed E-state index contributed by atoms with van der Waals surface area (Å²) in [4.78, 5) is 14.9. The van der Waals surface area contributed by atoms with Gasteiger partial charge in [0, 0.05) is 41.4 Å². The van der Waals surface area contributed by atoms with Crippen molar-refractivity contribution in [2.45, 2.75) is 18.4 Å². The summed E-state index contributed by atoms with van der Waals surface area (Å²) < 4.78 is 18.7. The molecule has 1 heterocycles. The maximum absolute atomic E-state index is 13.4. The predicted molar refractivity (Wildman–Crippen MR) is 126 cm³/mol. The Bertz CT molecular complexity index is 1040. The quantitative estimate of drug-likeness (QED) is 0.523. The first kappa shape index (κ1) is 22.0. The van der Waals surface area contributed by atoms with Crippen molar-refractivity contribution >= 4 is 29.0 Å². The Kier molecular flexibility index (Phi) is 6.81. The highest BCUT2D eigenvalue weighted by Gasteiger charge is 2.32. The standard InChI is InChI=1S/C25H25ClFN3O2/c1-32-22-12-2-17(3-13-22)23-16-30(21-10-6-19(27)7-11-21)15-14-24(23)29-25(31)28-20-8-4-18(26)5-9-20/h2-13,23-24H,14-16H2,1H3,(H2,28,29,31)/t23-,24+/m0/s1. The van der Waals surface area contributed by atoms with E-state index >= 15 is 0 Å². The molecular weight excluding hydrogens is 429 g/mol. The SMILES string of the molecule is COc1ccc([C@@H]2CN(c3ccc(F)cc3)CC[C@H]2NC(=O)Nc2ccc(Cl)cc2)cc1. The first-order chi connectivity index (χ1) is 15.5. The molecule has 1 aliphatic rings. The van der Waals surface area contributed by atoms with Crippen molar-refractivity contribution < 1.29 is 13.9 Å². The summed E-state index contributed by atoms with van der Waals surface area (Å²) >= 11 is 5.92. The molecule has 32 heavy (non-hydrogen) atoms. The zero-order chi connectivity index (χ0) is 22.5. The van der Waals surface area contributed by atoms with Crippen LogP contribution in [-0.2, 0) is 0 Å². The third-order valence-corrected chi connectivity index (χ3v) is 6.02. The monoisotopic (exact) mass is 453 g/mol. The van der Waals surface area contributed by atoms with Crippen molar-refractivity contribution in [3.05, 3.63) is 89.2 Å². The maximum Gasteiger partial charge on any atom is 0.319 e. The maximum atomic E-state index is 13.4. The van der Waals surface area contributed by atoms with Crippen LogP contribution < -0.4 is 20.3 Å². The number of hydrogen-bond donors (Lipinski definition) is 2. The number of halogens is 2. The van der Waals surface area contributed by atoms with Gasteiger partial charge in [0.15, 0.2) is 0 Å². The molecule has 0 unspecified atom stereocenters. The van der Waals surface area contributed by atoms with Gasteiger partial charge < -0.3 is 20.3 Å². The molecular formula is C25H25ClFN3O2. The Morgan fingerprint density at radius 3 is 2.38 bits per heavy atom. The molecule has 2 atom stereocenters. The molecule has 1 aliphatic heterocycles. The molecule has 5 nitrogen and oxygen atoms in total. The normalized spacial score (nSPS) is 18.2. The van der Waals surface area contributed by atoms with Crippen LogP contribution in [0.15, 0.2) is 72.8 Å². The van der Waals surface area contributed by atoms with Crippen LogP contribution in [0.3, 0.4) is 0 Å². The molecule has 3 aromatic carbocycles. The third kappa shape index (κ3) is 5.32. The van der Waals surface area contributed by atoms with Crippen molar-refractivity contribution in [2.24, 2.45) is 0 Å². The molecule has 3 aromatic rings. The van der Waals surface area contributed by atoms with E-state index in [2.05, 4.69) is 15.5 Å². The Morgan fingerprint density at radius 2 is 1.72 bits per heavy atom. The van der Waals surface area contributed by atoms with E-state index in [4.69, 9.17) is 16.3 Å². The van der Waals surface area contributed by atoms with Crippen molar-refractivity contribution in [2.75, 3.05) is 30.4 Å². The third-order valence-electron chi connectivity index (χ3n) is 5.77. The number of piperidine rings is 1. The zero-order valence-corrected chi connectivity index (χ0v) is 18.5. The van der Waals surface area contributed by atoms with Crippen LogP contribution in [0.2, 0.25) is 5.02 Å². The lowest BCUT2D eigenvalue weighted by Crippen LogP contribution is -2.50. The van der Waals surface area contributed by atoms with Gasteiger partial charge in [-0.1, -0.05) is 23.7 Å². The molecule has 0 saturated carbocycles. The Labute approximate surface area is 192 Å². The highest BCUT2D eigenvalue weighted by atomic mass is 35.5. The van der Waals surface area contributed by atoms with Crippen LogP contribution in [0.25, 0.3) is 0 Å². The number of carbonyl (C=O) groups is 1. The molecule has 7 heteroatoms. The Balaban J connectivity index is 1.51. The molecule has 1 saturated heterocycles. The highest BCUT2D eigenvalue weighted by Crippen LogP contribution is 2.31. The fourth-order valence-electron chi connectivity index (χ4n) is 4.07. The van der Waals surface area contributed by atoms with Gasteiger partial charge >= 0.3 is 6.03 Å². The van der Waals surface area contributed by atoms with Crippen molar-refractivity contribution in [1.82, 2.24) is 5.32 Å². The summed E-state index contributed by atoms with van der Waals surface area (Å²) in [5.74, 6) is 0.580. The predicted octanol–water partition coefficient (Wildman–Crippen LogP) is 5.67. The van der Waals surface area contributed by atoms with E-state index < -0.39 is 0 Å². The number of carbonyl (C=O) groups excluding carboxylic acids is 1. The van der Waals surface area contributed by atoms with E-state index in [0.717, 1.165) is 30.0 Å². The van der Waals surface area contributed by atoms with E-state index in [-0.39, 0.29) is 23.8 Å². The fourth-order valence-corrected chi connectivity index (χ4v) is 4.19. The smallest absolute Gasteiger partial charge is 0.319 e. The number of amides is 2. The number of nitrogens with zero attached hydrogens (tertiary/aromatic N) is 1. The van der Waals surface area contributed by atoms with Crippen molar-refractivity contribution in [3.63, 3.8) is 0 Å². The minimum Gasteiger partial charge on any atom is -0.497 e. The summed E-state index contributed by atoms with van der Waals surface area (Å²) in [7, 11) is 1.64. The first-order valence-electron chi connectivity index (χ1n) is 10.5. The molecule has 0 aliphatic carbocycles. The summed E-state index contributed by atoms with van der Waals surface area (Å²) in [6.07, 6.45) is 0.752. The first-order valence-corrected chi connectivity index (χ1v) is 10.9. The van der Waals surface area contributed by atoms with Crippen molar-refractivity contribution in [3.8, 4) is 5.75 Å². The second-order valence-electron chi connectivity index (χ2n) is 7.80. The van der Waals surface area contributed by atoms with Gasteiger partial charge in [-0.15, -0.1) is 0 Å². The van der Waals surface area contributed by atoms with E-state index in [1.165, 1.54) is 12.1 Å². The molecule has 166 valence electrons. The molecule has 1 fully saturated rings. The number of methoxy groups -OCH3 is 1. The van der Waals surface area contributed by atoms with Gasteiger partial charge in [0.2, 0.25) is 0 Å². The second-order valence-corrected chi connectivity index (χ2v) is 8.24. The summed E-state index contributed by atoms with van der Waals surface area (Å²) in [6, 6.07) is 21.1. The number of benzene rings is 3. The minimum atomic E-state index is -0.258. The largest absolute Gasteiger partial charge is 0.497 e. The van der Waals surface area contributed by atoms with Crippen molar-refractivity contribution in [1.29, 1.82) is 0 Å². The van der Waals surface area contributed by atoms with Crippen LogP contribution in [0.4, 0.5) is 20.6 Å². The zero-order valence-electron chi connectivity index (χ0n) is 17.7. The van der Waals surface area contributed by atoms with Gasteiger partial charge in [0.05, 0.1) is 7.11 Å². The van der Waals surface area contributed by atoms with Crippen LogP contribution in [0.1, 0.15) is 17.9 Å². The average Bonchev–Trinajstić information content (AvgIpc) is 2.81. The van der Waals surface area contributed by atoms with Gasteiger partial charge in [-0.3, -0.25) is 0 Å². The summed E-state index contributed by atoms with van der Waals surface area (Å²) in [5, 5.41) is 6.63. The van der Waals surface area contributed by atoms with Crippen LogP contribution in [0.5, 0.6) is 5.75 Å². The van der Waals surface area contributed by atoms with Gasteiger partial charge in [0.25, 0.3) is 0 Å². The lowest BCUT2D eigenvalue weighted by Gasteiger charge is -2.40. The van der Waals surface area contributed by atoms with Gasteiger partial charge in [-0.25, -0.2) is 9.18 Å². The molecule has 0 bridgehead atoms. The van der Waals surface area contributed by atoms with Gasteiger partial charge in [0.1, 0.15) is 11.6 Å². The summed E-state index contributed by atoms with van der Waals surface area (Å²) in [5.41, 5.74) is 2.75. The second kappa shape index (κ2) is 9.92. The lowest BCUT2D eigenvalue weighted by atomic mass is 9.85. The summed E-state index contributed by atoms with van der Waals surface area (Å²) in [6.45, 7) is 1.45. The number of urea groups is 1. The fraction of sp³-hybridized carbons (Fsp3) is 0.240. The van der Waals surface area contributed by atoms with E-state index in [0.29, 0.717) is 17.3 Å². The molecule has 4 rings (SSSR count). The molecule has 2 N–H and O–H groups in total. The van der Waals surface area contributed by atoms with Gasteiger partial charge in [-0.2, -0.15) is 0 Å². The number of ether oxygens (including phenoxy) is 1. The van der Waals surface area contributed by atoms with Crippen LogP contribution in [0, 0.1) is 5.82 Å². The molecule has 0 aromatic heterocycles. The van der Waals surface area contributed by atoms with Crippen LogP contribution >= 0.6 is 11.6 Å². The number of rotatable bonds is 5. The number of nitrogens with one attached hydrogen (secondary N) is 2. The molecule has 0 radical (unpaired) electrons. The molecule has 0 spiro atoms. The van der Waals surface area contributed by atoms with E-state index in [1.54, 1.807) is 43.5 Å². The number of anilines is 2. The Morgan fingerprint density at radius 1 is 1.03 bits per heavy atom. The average molecular weight is 454 g/mol. The van der Waals surface area contributed by atoms with Crippen LogP contribution in [-0.4, -0.2) is 32.3 Å². The minimum absolute atomic E-state index is 0.0516. The topological polar surface area (TPSA) is 53.6 Å². The Hall–Kier alpha value is -3.25. The van der Waals surface area contributed by atoms with E-state index in [1.807, 2.05) is 24.3 Å². The molecule has 2 amide bonds. The van der Waals surface area contributed by atoms with E-state index in [9.17, 15) is 9.18 Å².